The summed E-state index contributed by atoms with van der Waals surface area (Å²) >= 11 is 0. The van der Waals surface area contributed by atoms with E-state index < -0.39 is 11.6 Å². The van der Waals surface area contributed by atoms with E-state index in [1.54, 1.807) is 18.5 Å². The maximum atomic E-state index is 13.8. The van der Waals surface area contributed by atoms with Gasteiger partial charge in [0.1, 0.15) is 5.82 Å². The molecule has 1 aromatic carbocycles. The van der Waals surface area contributed by atoms with E-state index in [9.17, 15) is 8.78 Å². The minimum atomic E-state index is -0.827. The molecular formula is C16H19F2N3. The Bertz CT molecular complexity index is 585. The molecule has 1 unspecified atom stereocenters. The van der Waals surface area contributed by atoms with Gasteiger partial charge in [-0.15, -0.1) is 0 Å². The maximum absolute atomic E-state index is 13.8. The summed E-state index contributed by atoms with van der Waals surface area (Å²) in [5.74, 6) is -1.03. The topological polar surface area (TPSA) is 37.8 Å². The monoisotopic (exact) mass is 291 g/mol. The van der Waals surface area contributed by atoms with Crippen molar-refractivity contribution in [2.24, 2.45) is 0 Å². The fourth-order valence-electron chi connectivity index (χ4n) is 2.08. The Morgan fingerprint density at radius 2 is 1.90 bits per heavy atom. The fourth-order valence-corrected chi connectivity index (χ4v) is 2.08. The van der Waals surface area contributed by atoms with Crippen LogP contribution in [0.5, 0.6) is 0 Å². The van der Waals surface area contributed by atoms with Crippen LogP contribution in [-0.4, -0.2) is 16.5 Å². The van der Waals surface area contributed by atoms with Gasteiger partial charge in [0.05, 0.1) is 6.04 Å². The first-order chi connectivity index (χ1) is 10.1. The number of rotatable bonds is 6. The second-order valence-corrected chi connectivity index (χ2v) is 5.04. The lowest BCUT2D eigenvalue weighted by molar-refractivity contribution is 0.467. The van der Waals surface area contributed by atoms with Crippen LogP contribution in [-0.2, 0) is 6.42 Å². The highest BCUT2D eigenvalue weighted by Crippen LogP contribution is 2.19. The molecule has 0 aliphatic carbocycles. The molecule has 0 saturated heterocycles. The van der Waals surface area contributed by atoms with Crippen molar-refractivity contribution in [1.29, 1.82) is 0 Å². The minimum absolute atomic E-state index is 0.234. The van der Waals surface area contributed by atoms with Crippen LogP contribution in [0.4, 0.5) is 8.78 Å². The van der Waals surface area contributed by atoms with Crippen LogP contribution in [0.3, 0.4) is 0 Å². The largest absolute Gasteiger partial charge is 0.307 e. The molecule has 1 N–H and O–H groups in total. The highest BCUT2D eigenvalue weighted by Gasteiger charge is 2.18. The van der Waals surface area contributed by atoms with E-state index in [2.05, 4.69) is 15.3 Å². The van der Waals surface area contributed by atoms with Gasteiger partial charge in [0.15, 0.2) is 11.6 Å². The summed E-state index contributed by atoms with van der Waals surface area (Å²) in [4.78, 5) is 8.58. The zero-order valence-electron chi connectivity index (χ0n) is 12.2. The molecule has 0 radical (unpaired) electrons. The van der Waals surface area contributed by atoms with E-state index in [1.165, 1.54) is 6.07 Å². The smallest absolute Gasteiger partial charge is 0.162 e. The average molecular weight is 291 g/mol. The Morgan fingerprint density at radius 3 is 2.57 bits per heavy atom. The summed E-state index contributed by atoms with van der Waals surface area (Å²) in [6, 6.07) is 3.99. The maximum Gasteiger partial charge on any atom is 0.162 e. The standard InChI is InChI=1S/C16H19F2N3/c1-3-7-19-14(16-20-9-11(2)10-21-16)8-12-5-4-6-13(17)15(12)18/h4-6,9-10,14,19H,3,7-8H2,1-2H3. The normalized spacial score (nSPS) is 12.4. The van der Waals surface area contributed by atoms with Gasteiger partial charge < -0.3 is 5.32 Å². The van der Waals surface area contributed by atoms with Crippen molar-refractivity contribution in [3.05, 3.63) is 59.2 Å². The molecule has 1 atom stereocenters. The molecule has 3 nitrogen and oxygen atoms in total. The fraction of sp³-hybridized carbons (Fsp3) is 0.375. The third-order valence-electron chi connectivity index (χ3n) is 3.21. The summed E-state index contributed by atoms with van der Waals surface area (Å²) in [6.07, 6.45) is 4.70. The molecule has 0 bridgehead atoms. The lowest BCUT2D eigenvalue weighted by atomic mass is 10.0. The van der Waals surface area contributed by atoms with Gasteiger partial charge in [0.2, 0.25) is 0 Å². The van der Waals surface area contributed by atoms with Crippen LogP contribution in [0, 0.1) is 18.6 Å². The summed E-state index contributed by atoms with van der Waals surface area (Å²) in [6.45, 7) is 4.71. The Hall–Kier alpha value is -1.88. The second-order valence-electron chi connectivity index (χ2n) is 5.04. The molecule has 0 aliphatic rings. The number of aromatic nitrogens is 2. The molecule has 112 valence electrons. The zero-order valence-corrected chi connectivity index (χ0v) is 12.2. The number of benzene rings is 1. The van der Waals surface area contributed by atoms with Gasteiger partial charge >= 0.3 is 0 Å². The van der Waals surface area contributed by atoms with Crippen LogP contribution >= 0.6 is 0 Å². The number of nitrogens with zero attached hydrogens (tertiary/aromatic N) is 2. The lowest BCUT2D eigenvalue weighted by Gasteiger charge is -2.17. The molecular weight excluding hydrogens is 272 g/mol. The van der Waals surface area contributed by atoms with Gasteiger partial charge in [-0.3, -0.25) is 0 Å². The molecule has 1 heterocycles. The van der Waals surface area contributed by atoms with Crippen LogP contribution in [0.15, 0.2) is 30.6 Å². The first kappa shape index (κ1) is 15.5. The van der Waals surface area contributed by atoms with Gasteiger partial charge in [-0.25, -0.2) is 18.7 Å². The van der Waals surface area contributed by atoms with Crippen LogP contribution in [0.25, 0.3) is 0 Å². The third kappa shape index (κ3) is 4.04. The molecule has 21 heavy (non-hydrogen) atoms. The summed E-state index contributed by atoms with van der Waals surface area (Å²) < 4.78 is 27.1. The molecule has 0 fully saturated rings. The first-order valence-electron chi connectivity index (χ1n) is 7.06. The van der Waals surface area contributed by atoms with Crippen molar-refractivity contribution >= 4 is 0 Å². The van der Waals surface area contributed by atoms with Crippen molar-refractivity contribution in [2.75, 3.05) is 6.54 Å². The number of aryl methyl sites for hydroxylation is 1. The van der Waals surface area contributed by atoms with Gasteiger partial charge in [-0.1, -0.05) is 19.1 Å². The zero-order chi connectivity index (χ0) is 15.2. The number of nitrogens with one attached hydrogen (secondary N) is 1. The summed E-state index contributed by atoms with van der Waals surface area (Å²) in [7, 11) is 0. The Labute approximate surface area is 123 Å². The van der Waals surface area contributed by atoms with Gasteiger partial charge in [0.25, 0.3) is 0 Å². The SMILES string of the molecule is CCCNC(Cc1cccc(F)c1F)c1ncc(C)cn1. The predicted octanol–water partition coefficient (Wildman–Crippen LogP) is 3.35. The Kier molecular flexibility index (Phi) is 5.33. The van der Waals surface area contributed by atoms with Gasteiger partial charge in [0, 0.05) is 12.4 Å². The number of hydrogen-bond donors (Lipinski definition) is 1. The van der Waals surface area contributed by atoms with Crippen molar-refractivity contribution in [3.8, 4) is 0 Å². The molecule has 2 aromatic rings. The quantitative estimate of drug-likeness (QED) is 0.887. The van der Waals surface area contributed by atoms with Crippen LogP contribution in [0.1, 0.15) is 36.3 Å². The highest BCUT2D eigenvalue weighted by molar-refractivity contribution is 5.21. The van der Waals surface area contributed by atoms with Gasteiger partial charge in [-0.2, -0.15) is 0 Å². The summed E-state index contributed by atoms with van der Waals surface area (Å²) in [5.41, 5.74) is 1.29. The molecule has 1 aromatic heterocycles. The molecule has 0 amide bonds. The molecule has 2 rings (SSSR count). The highest BCUT2D eigenvalue weighted by atomic mass is 19.2. The number of hydrogen-bond acceptors (Lipinski definition) is 3. The molecule has 5 heteroatoms. The van der Waals surface area contributed by atoms with E-state index in [4.69, 9.17) is 0 Å². The predicted molar refractivity (Wildman–Crippen MR) is 77.9 cm³/mol. The van der Waals surface area contributed by atoms with E-state index in [1.807, 2.05) is 13.8 Å². The lowest BCUT2D eigenvalue weighted by Crippen LogP contribution is -2.26. The number of halogens is 2. The van der Waals surface area contributed by atoms with E-state index in [0.29, 0.717) is 17.8 Å². The van der Waals surface area contributed by atoms with E-state index >= 15 is 0 Å². The van der Waals surface area contributed by atoms with Gasteiger partial charge in [-0.05, 0) is 43.5 Å². The van der Waals surface area contributed by atoms with E-state index in [-0.39, 0.29) is 6.04 Å². The van der Waals surface area contributed by atoms with Crippen molar-refractivity contribution in [3.63, 3.8) is 0 Å². The van der Waals surface area contributed by atoms with E-state index in [0.717, 1.165) is 24.6 Å². The minimum Gasteiger partial charge on any atom is -0.307 e. The summed E-state index contributed by atoms with van der Waals surface area (Å²) in [5, 5.41) is 3.29. The van der Waals surface area contributed by atoms with Crippen LogP contribution < -0.4 is 5.32 Å². The van der Waals surface area contributed by atoms with Crippen molar-refractivity contribution in [1.82, 2.24) is 15.3 Å². The average Bonchev–Trinajstić information content (AvgIpc) is 2.49. The van der Waals surface area contributed by atoms with Crippen molar-refractivity contribution < 1.29 is 8.78 Å². The molecule has 0 saturated carbocycles. The molecule has 0 spiro atoms. The first-order valence-corrected chi connectivity index (χ1v) is 7.06. The molecule has 0 aliphatic heterocycles. The van der Waals surface area contributed by atoms with Crippen LogP contribution in [0.2, 0.25) is 0 Å². The Morgan fingerprint density at radius 1 is 1.19 bits per heavy atom. The Balaban J connectivity index is 2.23. The second kappa shape index (κ2) is 7.22. The van der Waals surface area contributed by atoms with Crippen molar-refractivity contribution in [2.45, 2.75) is 32.7 Å². The third-order valence-corrected chi connectivity index (χ3v) is 3.21.